The average Bonchev–Trinajstić information content (AvgIpc) is 2.64. The summed E-state index contributed by atoms with van der Waals surface area (Å²) in [7, 11) is 0. The topological polar surface area (TPSA) is 67.2 Å². The molecule has 1 aromatic carbocycles. The van der Waals surface area contributed by atoms with Crippen LogP contribution in [0.25, 0.3) is 5.69 Å². The normalized spacial score (nSPS) is 20.1. The molecule has 2 aromatic rings. The Morgan fingerprint density at radius 1 is 1.19 bits per heavy atom. The van der Waals surface area contributed by atoms with Crippen LogP contribution in [0, 0.1) is 5.92 Å². The zero-order valence-electron chi connectivity index (χ0n) is 14.5. The zero-order valence-corrected chi connectivity index (χ0v) is 16.0. The highest BCUT2D eigenvalue weighted by Gasteiger charge is 2.22. The number of benzene rings is 1. The van der Waals surface area contributed by atoms with Crippen LogP contribution in [0.5, 0.6) is 0 Å². The number of aliphatic hydroxyl groups is 1. The van der Waals surface area contributed by atoms with Crippen LogP contribution in [0.3, 0.4) is 0 Å². The van der Waals surface area contributed by atoms with E-state index in [-0.39, 0.29) is 16.7 Å². The maximum Gasteiger partial charge on any atom is 0.292 e. The Hall–Kier alpha value is -1.56. The summed E-state index contributed by atoms with van der Waals surface area (Å²) < 4.78 is 1.25. The lowest BCUT2D eigenvalue weighted by molar-refractivity contribution is 0.0648. The van der Waals surface area contributed by atoms with Crippen LogP contribution in [0.2, 0.25) is 10.0 Å². The summed E-state index contributed by atoms with van der Waals surface area (Å²) in [6.45, 7) is 0.690. The number of hydrogen-bond acceptors (Lipinski definition) is 4. The van der Waals surface area contributed by atoms with Crippen molar-refractivity contribution >= 4 is 28.9 Å². The summed E-state index contributed by atoms with van der Waals surface area (Å²) in [4.78, 5) is 12.5. The van der Waals surface area contributed by atoms with E-state index in [1.54, 1.807) is 30.5 Å². The van der Waals surface area contributed by atoms with E-state index in [4.69, 9.17) is 23.2 Å². The molecule has 1 heterocycles. The van der Waals surface area contributed by atoms with Crippen LogP contribution in [0.15, 0.2) is 35.3 Å². The smallest absolute Gasteiger partial charge is 0.292 e. The highest BCUT2D eigenvalue weighted by atomic mass is 35.5. The predicted molar refractivity (Wildman–Crippen MR) is 106 cm³/mol. The van der Waals surface area contributed by atoms with Gasteiger partial charge >= 0.3 is 0 Å². The van der Waals surface area contributed by atoms with Gasteiger partial charge in [-0.15, -0.1) is 0 Å². The summed E-state index contributed by atoms with van der Waals surface area (Å²) in [5, 5.41) is 18.1. The molecule has 0 aliphatic heterocycles. The standard InChI is InChI=1S/C19H23Cl2N3O2/c20-14-7-9-15(10-8-14)24-19(26)18(21)16(12-23-24)22-11-3-5-13-4-1-2-6-17(13)25/h7-10,12-13,17,22,25H,1-6,11H2. The molecule has 140 valence electrons. The van der Waals surface area contributed by atoms with E-state index in [1.807, 2.05) is 0 Å². The first-order valence-electron chi connectivity index (χ1n) is 9.02. The van der Waals surface area contributed by atoms with Crippen LogP contribution in [-0.2, 0) is 0 Å². The number of halogens is 2. The van der Waals surface area contributed by atoms with Crippen molar-refractivity contribution in [3.63, 3.8) is 0 Å². The number of rotatable bonds is 6. The van der Waals surface area contributed by atoms with Gasteiger partial charge in [0.05, 0.1) is 23.7 Å². The summed E-state index contributed by atoms with van der Waals surface area (Å²) in [5.41, 5.74) is 0.770. The van der Waals surface area contributed by atoms with Gasteiger partial charge in [0.2, 0.25) is 0 Å². The predicted octanol–water partition coefficient (Wildman–Crippen LogP) is 4.28. The lowest BCUT2D eigenvalue weighted by Gasteiger charge is -2.27. The third kappa shape index (κ3) is 4.58. The Labute approximate surface area is 162 Å². The molecular formula is C19H23Cl2N3O2. The fourth-order valence-corrected chi connectivity index (χ4v) is 3.76. The molecule has 26 heavy (non-hydrogen) atoms. The number of nitrogens with zero attached hydrogens (tertiary/aromatic N) is 2. The first-order chi connectivity index (χ1) is 12.6. The van der Waals surface area contributed by atoms with Crippen molar-refractivity contribution in [2.75, 3.05) is 11.9 Å². The van der Waals surface area contributed by atoms with Gasteiger partial charge in [-0.25, -0.2) is 0 Å². The summed E-state index contributed by atoms with van der Waals surface area (Å²) in [6, 6.07) is 6.83. The van der Waals surface area contributed by atoms with Crippen LogP contribution >= 0.6 is 23.2 Å². The van der Waals surface area contributed by atoms with E-state index >= 15 is 0 Å². The summed E-state index contributed by atoms with van der Waals surface area (Å²) in [6.07, 6.45) is 7.62. The van der Waals surface area contributed by atoms with Gasteiger partial charge in [-0.1, -0.05) is 36.0 Å². The first kappa shape index (κ1) is 19.2. The Kier molecular flexibility index (Phi) is 6.57. The van der Waals surface area contributed by atoms with E-state index in [1.165, 1.54) is 11.1 Å². The lowest BCUT2D eigenvalue weighted by Crippen LogP contribution is -2.25. The van der Waals surface area contributed by atoms with Crippen molar-refractivity contribution in [1.82, 2.24) is 9.78 Å². The number of hydrogen-bond donors (Lipinski definition) is 2. The molecule has 1 aromatic heterocycles. The largest absolute Gasteiger partial charge is 0.393 e. The molecule has 1 fully saturated rings. The number of nitrogens with one attached hydrogen (secondary N) is 1. The molecule has 0 amide bonds. The minimum Gasteiger partial charge on any atom is -0.393 e. The van der Waals surface area contributed by atoms with Gasteiger partial charge in [-0.05, 0) is 55.9 Å². The molecule has 3 rings (SSSR count). The second-order valence-corrected chi connectivity index (χ2v) is 7.56. The molecule has 5 nitrogen and oxygen atoms in total. The molecule has 7 heteroatoms. The van der Waals surface area contributed by atoms with E-state index in [2.05, 4.69) is 10.4 Å². The van der Waals surface area contributed by atoms with Crippen molar-refractivity contribution in [1.29, 1.82) is 0 Å². The van der Waals surface area contributed by atoms with Gasteiger partial charge in [0.25, 0.3) is 5.56 Å². The fraction of sp³-hybridized carbons (Fsp3) is 0.474. The molecule has 2 N–H and O–H groups in total. The lowest BCUT2D eigenvalue weighted by atomic mass is 9.83. The van der Waals surface area contributed by atoms with Gasteiger partial charge in [-0.2, -0.15) is 9.78 Å². The molecule has 2 unspecified atom stereocenters. The summed E-state index contributed by atoms with van der Waals surface area (Å²) in [5.74, 6) is 0.386. The molecular weight excluding hydrogens is 373 g/mol. The highest BCUT2D eigenvalue weighted by molar-refractivity contribution is 6.33. The number of anilines is 1. The maximum atomic E-state index is 12.5. The Morgan fingerprint density at radius 2 is 1.92 bits per heavy atom. The number of aliphatic hydroxyl groups excluding tert-OH is 1. The van der Waals surface area contributed by atoms with E-state index in [0.29, 0.717) is 28.9 Å². The third-order valence-electron chi connectivity index (χ3n) is 4.93. The molecule has 0 bridgehead atoms. The van der Waals surface area contributed by atoms with Crippen molar-refractivity contribution < 1.29 is 5.11 Å². The number of aromatic nitrogens is 2. The monoisotopic (exact) mass is 395 g/mol. The van der Waals surface area contributed by atoms with Crippen LogP contribution in [0.1, 0.15) is 38.5 Å². The van der Waals surface area contributed by atoms with E-state index in [9.17, 15) is 9.90 Å². The third-order valence-corrected chi connectivity index (χ3v) is 5.54. The zero-order chi connectivity index (χ0) is 18.5. The molecule has 0 saturated heterocycles. The minimum atomic E-state index is -0.373. The van der Waals surface area contributed by atoms with Gasteiger partial charge < -0.3 is 10.4 Å². The Balaban J connectivity index is 1.60. The van der Waals surface area contributed by atoms with Crippen LogP contribution in [-0.4, -0.2) is 27.5 Å². The van der Waals surface area contributed by atoms with Crippen molar-refractivity contribution in [2.24, 2.45) is 5.92 Å². The molecule has 0 spiro atoms. The summed E-state index contributed by atoms with van der Waals surface area (Å²) >= 11 is 12.1. The molecule has 1 aliphatic rings. The minimum absolute atomic E-state index is 0.118. The van der Waals surface area contributed by atoms with Gasteiger partial charge in [0.15, 0.2) is 0 Å². The highest BCUT2D eigenvalue weighted by Crippen LogP contribution is 2.28. The van der Waals surface area contributed by atoms with Gasteiger partial charge in [0, 0.05) is 11.6 Å². The molecule has 1 aliphatic carbocycles. The quantitative estimate of drug-likeness (QED) is 0.716. The Morgan fingerprint density at radius 3 is 2.65 bits per heavy atom. The van der Waals surface area contributed by atoms with Crippen molar-refractivity contribution in [2.45, 2.75) is 44.6 Å². The first-order valence-corrected chi connectivity index (χ1v) is 9.77. The van der Waals surface area contributed by atoms with Gasteiger partial charge in [-0.3, -0.25) is 4.79 Å². The molecule has 0 radical (unpaired) electrons. The van der Waals surface area contributed by atoms with Crippen LogP contribution in [0.4, 0.5) is 5.69 Å². The van der Waals surface area contributed by atoms with Crippen molar-refractivity contribution in [3.05, 3.63) is 50.9 Å². The second kappa shape index (κ2) is 8.89. The SMILES string of the molecule is O=c1c(Cl)c(NCCCC2CCCCC2O)cnn1-c1ccc(Cl)cc1. The fourth-order valence-electron chi connectivity index (χ4n) is 3.43. The van der Waals surface area contributed by atoms with Gasteiger partial charge in [0.1, 0.15) is 5.02 Å². The molecule has 2 atom stereocenters. The maximum absolute atomic E-state index is 12.5. The second-order valence-electron chi connectivity index (χ2n) is 6.75. The Bertz CT molecular complexity index is 792. The van der Waals surface area contributed by atoms with E-state index < -0.39 is 0 Å². The van der Waals surface area contributed by atoms with Crippen LogP contribution < -0.4 is 10.9 Å². The van der Waals surface area contributed by atoms with E-state index in [0.717, 1.165) is 32.1 Å². The molecule has 1 saturated carbocycles. The average molecular weight is 396 g/mol. The van der Waals surface area contributed by atoms with Crippen molar-refractivity contribution in [3.8, 4) is 5.69 Å².